The molecule has 12 heteroatoms. The van der Waals surface area contributed by atoms with E-state index in [1.165, 1.54) is 26.8 Å². The number of piperazine rings is 1. The molecule has 2 fully saturated rings. The number of hydrogen-bond acceptors (Lipinski definition) is 7. The van der Waals surface area contributed by atoms with Gasteiger partial charge in [-0.05, 0) is 60.6 Å². The molecule has 264 valence electrons. The second kappa shape index (κ2) is 15.1. The molecule has 0 spiro atoms. The number of sulfonamides is 2. The predicted octanol–water partition coefficient (Wildman–Crippen LogP) is 5.94. The first-order chi connectivity index (χ1) is 23.1. The number of hydrogen-bond donors (Lipinski definition) is 1. The van der Waals surface area contributed by atoms with Crippen molar-refractivity contribution < 1.29 is 36.2 Å². The second-order valence-electron chi connectivity index (χ2n) is 13.5. The summed E-state index contributed by atoms with van der Waals surface area (Å²) in [6, 6.07) is 23.2. The fourth-order valence-electron chi connectivity index (χ4n) is 6.84. The van der Waals surface area contributed by atoms with Crippen LogP contribution in [0.15, 0.2) is 89.8 Å². The molecule has 0 radical (unpaired) electrons. The van der Waals surface area contributed by atoms with Gasteiger partial charge in [0.15, 0.2) is 6.61 Å². The highest BCUT2D eigenvalue weighted by atomic mass is 32.2. The number of nitrogens with zero attached hydrogens (tertiary/aromatic N) is 2. The van der Waals surface area contributed by atoms with E-state index in [1.807, 2.05) is 25.1 Å². The zero-order chi connectivity index (χ0) is 35.5. The van der Waals surface area contributed by atoms with Gasteiger partial charge in [0.2, 0.25) is 20.0 Å². The van der Waals surface area contributed by atoms with E-state index in [1.54, 1.807) is 0 Å². The molecule has 0 saturated carbocycles. The average Bonchev–Trinajstić information content (AvgIpc) is 3.07. The summed E-state index contributed by atoms with van der Waals surface area (Å²) in [5, 5.41) is 9.42. The summed E-state index contributed by atoms with van der Waals surface area (Å²) in [5.74, 6) is -0.826. The van der Waals surface area contributed by atoms with Gasteiger partial charge in [-0.1, -0.05) is 80.6 Å². The third-order valence-electron chi connectivity index (χ3n) is 9.37. The molecular weight excluding hydrogens is 665 g/mol. The Hall–Kier alpha value is -3.55. The Morgan fingerprint density at radius 1 is 0.939 bits per heavy atom. The summed E-state index contributed by atoms with van der Waals surface area (Å²) in [7, 11) is -7.47. The van der Waals surface area contributed by atoms with Crippen LogP contribution in [0.5, 0.6) is 5.75 Å². The molecule has 0 aliphatic carbocycles. The van der Waals surface area contributed by atoms with Gasteiger partial charge in [-0.15, -0.1) is 0 Å². The summed E-state index contributed by atoms with van der Waals surface area (Å²) in [4.78, 5) is 11.5. The minimum Gasteiger partial charge on any atom is -0.482 e. The van der Waals surface area contributed by atoms with E-state index >= 15 is 0 Å². The number of ether oxygens (including phenoxy) is 2. The first kappa shape index (κ1) is 36.7. The highest BCUT2D eigenvalue weighted by Crippen LogP contribution is 2.50. The molecule has 2 aliphatic rings. The van der Waals surface area contributed by atoms with Crippen molar-refractivity contribution in [1.29, 1.82) is 0 Å². The van der Waals surface area contributed by atoms with Gasteiger partial charge >= 0.3 is 5.97 Å². The van der Waals surface area contributed by atoms with E-state index in [2.05, 4.69) is 56.8 Å². The number of carboxylic acids is 1. The first-order valence-corrected chi connectivity index (χ1v) is 19.8. The van der Waals surface area contributed by atoms with Crippen LogP contribution in [0.1, 0.15) is 56.8 Å². The Morgan fingerprint density at radius 2 is 1.55 bits per heavy atom. The molecular formula is C37H46N2O8S2. The van der Waals surface area contributed by atoms with Gasteiger partial charge in [0.1, 0.15) is 5.75 Å². The molecule has 0 aromatic heterocycles. The Balaban J connectivity index is 1.51. The lowest BCUT2D eigenvalue weighted by Gasteiger charge is -2.44. The smallest absolute Gasteiger partial charge is 0.341 e. The van der Waals surface area contributed by atoms with Crippen molar-refractivity contribution in [1.82, 2.24) is 8.61 Å². The van der Waals surface area contributed by atoms with Gasteiger partial charge in [0.25, 0.3) is 0 Å². The van der Waals surface area contributed by atoms with Crippen molar-refractivity contribution in [3.05, 3.63) is 96.1 Å². The summed E-state index contributed by atoms with van der Waals surface area (Å²) in [6.07, 6.45) is 1.67. The van der Waals surface area contributed by atoms with E-state index in [-0.39, 0.29) is 54.8 Å². The minimum absolute atomic E-state index is 0.001000. The van der Waals surface area contributed by atoms with Crippen molar-refractivity contribution >= 4 is 26.0 Å². The number of aliphatic carboxylic acids is 1. The summed E-state index contributed by atoms with van der Waals surface area (Å²) >= 11 is 0. The van der Waals surface area contributed by atoms with E-state index in [0.717, 1.165) is 34.9 Å². The SMILES string of the molecule is C=C(C)[C@@H]1C[C@@H](c2ccc(-c3ccccc3)cc2)[C@@H](CC(C)C)O[C@H]1c1cc(S(=O)(=O)N2CCN(S(C)(=O)=O)CC2)ccc1OCC(=O)O. The van der Waals surface area contributed by atoms with Crippen LogP contribution >= 0.6 is 0 Å². The zero-order valence-corrected chi connectivity index (χ0v) is 30.1. The maximum Gasteiger partial charge on any atom is 0.341 e. The number of rotatable bonds is 12. The van der Waals surface area contributed by atoms with Crippen LogP contribution in [0.4, 0.5) is 0 Å². The first-order valence-electron chi connectivity index (χ1n) is 16.5. The van der Waals surface area contributed by atoms with E-state index in [9.17, 15) is 26.7 Å². The van der Waals surface area contributed by atoms with Crippen LogP contribution in [0.2, 0.25) is 0 Å². The lowest BCUT2D eigenvalue weighted by molar-refractivity contribution is -0.139. The van der Waals surface area contributed by atoms with Crippen LogP contribution in [0.3, 0.4) is 0 Å². The van der Waals surface area contributed by atoms with Gasteiger partial charge in [-0.25, -0.2) is 21.6 Å². The molecule has 2 saturated heterocycles. The number of carbonyl (C=O) groups is 1. The van der Waals surface area contributed by atoms with Crippen LogP contribution < -0.4 is 4.74 Å². The minimum atomic E-state index is -4.03. The topological polar surface area (TPSA) is 131 Å². The van der Waals surface area contributed by atoms with Gasteiger partial charge < -0.3 is 14.6 Å². The molecule has 2 heterocycles. The van der Waals surface area contributed by atoms with E-state index in [0.29, 0.717) is 17.9 Å². The van der Waals surface area contributed by atoms with E-state index < -0.39 is 38.7 Å². The van der Waals surface area contributed by atoms with Crippen LogP contribution in [-0.4, -0.2) is 81.7 Å². The molecule has 1 N–H and O–H groups in total. The normalized spacial score (nSPS) is 22.6. The van der Waals surface area contributed by atoms with Gasteiger partial charge in [-0.3, -0.25) is 0 Å². The Morgan fingerprint density at radius 3 is 2.12 bits per heavy atom. The lowest BCUT2D eigenvalue weighted by Crippen LogP contribution is -2.50. The predicted molar refractivity (Wildman–Crippen MR) is 189 cm³/mol. The zero-order valence-electron chi connectivity index (χ0n) is 28.5. The van der Waals surface area contributed by atoms with Crippen molar-refractivity contribution in [2.45, 2.75) is 56.6 Å². The second-order valence-corrected chi connectivity index (χ2v) is 17.4. The van der Waals surface area contributed by atoms with Gasteiger partial charge in [0, 0.05) is 43.6 Å². The molecule has 3 aromatic carbocycles. The van der Waals surface area contributed by atoms with Gasteiger partial charge in [-0.2, -0.15) is 8.61 Å². The molecule has 0 unspecified atom stereocenters. The highest BCUT2D eigenvalue weighted by Gasteiger charge is 2.42. The molecule has 49 heavy (non-hydrogen) atoms. The summed E-state index contributed by atoms with van der Waals surface area (Å²) in [5.41, 5.74) is 4.69. The molecule has 0 bridgehead atoms. The third-order valence-corrected chi connectivity index (χ3v) is 12.6. The largest absolute Gasteiger partial charge is 0.482 e. The molecule has 3 aromatic rings. The maximum atomic E-state index is 13.9. The molecule has 2 aliphatic heterocycles. The molecule has 4 atom stereocenters. The van der Waals surface area contributed by atoms with Crippen molar-refractivity contribution in [2.24, 2.45) is 11.8 Å². The Bertz CT molecular complexity index is 1850. The monoisotopic (exact) mass is 710 g/mol. The van der Waals surface area contributed by atoms with Crippen LogP contribution in [0.25, 0.3) is 11.1 Å². The van der Waals surface area contributed by atoms with E-state index in [4.69, 9.17) is 9.47 Å². The highest BCUT2D eigenvalue weighted by molar-refractivity contribution is 7.89. The Kier molecular flexibility index (Phi) is 11.3. The third kappa shape index (κ3) is 8.61. The van der Waals surface area contributed by atoms with Crippen molar-refractivity contribution in [3.63, 3.8) is 0 Å². The number of carboxylic acid groups (broad SMARTS) is 1. The fourth-order valence-corrected chi connectivity index (χ4v) is 9.12. The quantitative estimate of drug-likeness (QED) is 0.229. The van der Waals surface area contributed by atoms with Gasteiger partial charge in [0.05, 0.1) is 23.4 Å². The maximum absolute atomic E-state index is 13.9. The Labute approximate surface area is 290 Å². The molecule has 0 amide bonds. The summed E-state index contributed by atoms with van der Waals surface area (Å²) < 4.78 is 67.1. The number of benzene rings is 3. The standard InChI is InChI=1S/C37H46N2O8S2/c1-25(2)21-35-32(29-13-11-28(12-14-29)27-9-7-6-8-10-27)23-31(26(3)4)37(47-35)33-22-30(15-16-34(33)46-24-36(40)41)49(44,45)39-19-17-38(18-20-39)48(5,42)43/h6-16,22,25,31-32,35,37H,3,17-21,23-24H2,1-2,4-5H3,(H,40,41)/t31-,32-,35+,37+/m0/s1. The lowest BCUT2D eigenvalue weighted by atomic mass is 9.74. The summed E-state index contributed by atoms with van der Waals surface area (Å²) in [6.45, 7) is 10.0. The van der Waals surface area contributed by atoms with Crippen molar-refractivity contribution in [2.75, 3.05) is 39.0 Å². The molecule has 10 nitrogen and oxygen atoms in total. The fraction of sp³-hybridized carbons (Fsp3) is 0.432. The van der Waals surface area contributed by atoms with Crippen LogP contribution in [-0.2, 0) is 29.6 Å². The van der Waals surface area contributed by atoms with Crippen molar-refractivity contribution in [3.8, 4) is 16.9 Å². The average molecular weight is 711 g/mol. The molecule has 5 rings (SSSR count). The van der Waals surface area contributed by atoms with Crippen LogP contribution in [0, 0.1) is 11.8 Å².